The van der Waals surface area contributed by atoms with Crippen molar-refractivity contribution < 1.29 is 13.5 Å². The molecule has 3 nitrogen and oxygen atoms in total. The summed E-state index contributed by atoms with van der Waals surface area (Å²) in [6.45, 7) is -2.97. The van der Waals surface area contributed by atoms with Gasteiger partial charge in [-0.3, -0.25) is 0 Å². The third kappa shape index (κ3) is 3.43. The Morgan fingerprint density at radius 3 is 2.11 bits per heavy atom. The molecule has 1 heterocycles. The first-order valence-corrected chi connectivity index (χ1v) is 6.02. The number of ether oxygens (including phenoxy) is 1. The van der Waals surface area contributed by atoms with Gasteiger partial charge in [-0.05, 0) is 12.1 Å². The summed E-state index contributed by atoms with van der Waals surface area (Å²) in [4.78, 5) is 7.28. The molecule has 0 unspecified atom stereocenters. The van der Waals surface area contributed by atoms with Gasteiger partial charge in [0.2, 0.25) is 0 Å². The van der Waals surface area contributed by atoms with E-state index in [2.05, 4.69) is 14.7 Å². The molecule has 0 bridgehead atoms. The molecule has 0 spiro atoms. The van der Waals surface area contributed by atoms with Crippen LogP contribution in [-0.4, -0.2) is 16.6 Å². The summed E-state index contributed by atoms with van der Waals surface area (Å²) >= 11 is 17.7. The fraction of sp³-hybridized carbons (Fsp3) is 0.0909. The van der Waals surface area contributed by atoms with Gasteiger partial charge in [-0.2, -0.15) is 8.78 Å². The summed E-state index contributed by atoms with van der Waals surface area (Å²) in [6, 6.07) is 2.60. The Kier molecular flexibility index (Phi) is 4.39. The summed E-state index contributed by atoms with van der Waals surface area (Å²) in [5, 5.41) is 0.975. The highest BCUT2D eigenvalue weighted by Gasteiger charge is 2.11. The molecule has 19 heavy (non-hydrogen) atoms. The van der Waals surface area contributed by atoms with Gasteiger partial charge in [0, 0.05) is 23.5 Å². The Morgan fingerprint density at radius 2 is 1.53 bits per heavy atom. The second-order valence-electron chi connectivity index (χ2n) is 3.38. The molecule has 0 N–H and O–H groups in total. The van der Waals surface area contributed by atoms with E-state index in [1.807, 2.05) is 0 Å². The molecule has 0 aliphatic carbocycles. The van der Waals surface area contributed by atoms with Gasteiger partial charge in [0.15, 0.2) is 0 Å². The molecular weight excluding hydrogens is 320 g/mol. The normalized spacial score (nSPS) is 10.8. The van der Waals surface area contributed by atoms with Crippen LogP contribution in [0.1, 0.15) is 0 Å². The number of aromatic nitrogens is 2. The zero-order chi connectivity index (χ0) is 14.0. The minimum atomic E-state index is -2.97. The monoisotopic (exact) mass is 324 g/mol. The molecule has 0 saturated heterocycles. The smallest absolute Gasteiger partial charge is 0.389 e. The second-order valence-corrected chi connectivity index (χ2v) is 4.60. The van der Waals surface area contributed by atoms with E-state index < -0.39 is 12.6 Å². The highest BCUT2D eigenvalue weighted by atomic mass is 35.5. The maximum atomic E-state index is 12.0. The molecular formula is C11H5Cl3F2N2O. The van der Waals surface area contributed by atoms with Crippen LogP contribution in [0.2, 0.25) is 15.1 Å². The van der Waals surface area contributed by atoms with Crippen molar-refractivity contribution in [2.45, 2.75) is 6.61 Å². The van der Waals surface area contributed by atoms with Crippen LogP contribution < -0.4 is 4.74 Å². The molecule has 0 amide bonds. The van der Waals surface area contributed by atoms with Crippen LogP contribution >= 0.6 is 34.8 Å². The first-order valence-electron chi connectivity index (χ1n) is 4.89. The predicted octanol–water partition coefficient (Wildman–Crippen LogP) is 4.71. The van der Waals surface area contributed by atoms with Crippen molar-refractivity contribution in [2.24, 2.45) is 0 Å². The molecule has 0 fully saturated rings. The fourth-order valence-corrected chi connectivity index (χ4v) is 2.00. The maximum absolute atomic E-state index is 12.0. The Bertz CT molecular complexity index is 593. The van der Waals surface area contributed by atoms with Gasteiger partial charge in [-0.1, -0.05) is 34.8 Å². The van der Waals surface area contributed by atoms with Crippen LogP contribution in [-0.2, 0) is 0 Å². The largest absolute Gasteiger partial charge is 0.401 e. The van der Waals surface area contributed by atoms with E-state index in [4.69, 9.17) is 34.8 Å². The van der Waals surface area contributed by atoms with Gasteiger partial charge in [0.05, 0.1) is 15.1 Å². The minimum Gasteiger partial charge on any atom is -0.401 e. The zero-order valence-corrected chi connectivity index (χ0v) is 11.3. The standard InChI is InChI=1S/C11H5Cl3F2N2O/c12-7-2-9(14)8(13)1-6(7)5-3-17-11(18-4-5)19-10(15)16/h1-4,10H. The van der Waals surface area contributed by atoms with Crippen LogP contribution in [0.25, 0.3) is 11.1 Å². The molecule has 2 aromatic rings. The summed E-state index contributed by atoms with van der Waals surface area (Å²) in [5.41, 5.74) is 1.05. The van der Waals surface area contributed by atoms with E-state index >= 15 is 0 Å². The number of halogens is 5. The van der Waals surface area contributed by atoms with Crippen molar-refractivity contribution >= 4 is 34.8 Å². The maximum Gasteiger partial charge on any atom is 0.389 e. The third-order valence-corrected chi connectivity index (χ3v) is 3.18. The van der Waals surface area contributed by atoms with Crippen LogP contribution in [0.4, 0.5) is 8.78 Å². The lowest BCUT2D eigenvalue weighted by Crippen LogP contribution is -2.05. The number of rotatable bonds is 3. The summed E-state index contributed by atoms with van der Waals surface area (Å²) in [5.74, 6) is 0. The van der Waals surface area contributed by atoms with Crippen LogP contribution in [0.15, 0.2) is 24.5 Å². The first kappa shape index (κ1) is 14.2. The topological polar surface area (TPSA) is 35.0 Å². The summed E-state index contributed by atoms with van der Waals surface area (Å²) in [6.07, 6.45) is 2.60. The molecule has 2 rings (SSSR count). The fourth-order valence-electron chi connectivity index (χ4n) is 1.34. The molecule has 0 atom stereocenters. The quantitative estimate of drug-likeness (QED) is 0.767. The average Bonchev–Trinajstić information content (AvgIpc) is 2.34. The Morgan fingerprint density at radius 1 is 0.947 bits per heavy atom. The summed E-state index contributed by atoms with van der Waals surface area (Å²) < 4.78 is 27.9. The lowest BCUT2D eigenvalue weighted by atomic mass is 10.1. The molecule has 8 heteroatoms. The van der Waals surface area contributed by atoms with Crippen molar-refractivity contribution in [3.8, 4) is 17.1 Å². The predicted molar refractivity (Wildman–Crippen MR) is 69.1 cm³/mol. The van der Waals surface area contributed by atoms with Gasteiger partial charge in [0.1, 0.15) is 0 Å². The van der Waals surface area contributed by atoms with Crippen molar-refractivity contribution in [3.05, 3.63) is 39.6 Å². The lowest BCUT2D eigenvalue weighted by Gasteiger charge is -2.07. The number of benzene rings is 1. The molecule has 0 aliphatic rings. The highest BCUT2D eigenvalue weighted by molar-refractivity contribution is 6.44. The Balaban J connectivity index is 2.34. The van der Waals surface area contributed by atoms with Crippen LogP contribution in [0.5, 0.6) is 6.01 Å². The molecule has 1 aromatic carbocycles. The Labute approximate surface area is 122 Å². The second kappa shape index (κ2) is 5.86. The molecule has 0 aliphatic heterocycles. The Hall–Kier alpha value is -1.17. The molecule has 0 saturated carbocycles. The van der Waals surface area contributed by atoms with Gasteiger partial charge >= 0.3 is 12.6 Å². The van der Waals surface area contributed by atoms with Gasteiger partial charge < -0.3 is 4.74 Å². The SMILES string of the molecule is FC(F)Oc1ncc(-c2cc(Cl)c(Cl)cc2Cl)cn1. The van der Waals surface area contributed by atoms with E-state index in [0.717, 1.165) is 0 Å². The molecule has 0 radical (unpaired) electrons. The van der Waals surface area contributed by atoms with E-state index in [0.29, 0.717) is 26.2 Å². The molecule has 1 aromatic heterocycles. The van der Waals surface area contributed by atoms with Crippen molar-refractivity contribution in [1.82, 2.24) is 9.97 Å². The van der Waals surface area contributed by atoms with Gasteiger partial charge in [0.25, 0.3) is 0 Å². The first-order chi connectivity index (χ1) is 8.97. The van der Waals surface area contributed by atoms with Crippen molar-refractivity contribution in [2.75, 3.05) is 0 Å². The molecule has 100 valence electrons. The highest BCUT2D eigenvalue weighted by Crippen LogP contribution is 2.34. The minimum absolute atomic E-state index is 0.314. The summed E-state index contributed by atoms with van der Waals surface area (Å²) in [7, 11) is 0. The van der Waals surface area contributed by atoms with E-state index in [1.54, 1.807) is 6.07 Å². The van der Waals surface area contributed by atoms with Crippen molar-refractivity contribution in [1.29, 1.82) is 0 Å². The van der Waals surface area contributed by atoms with Crippen LogP contribution in [0.3, 0.4) is 0 Å². The van der Waals surface area contributed by atoms with Gasteiger partial charge in [-0.25, -0.2) is 9.97 Å². The van der Waals surface area contributed by atoms with Crippen LogP contribution in [0, 0.1) is 0 Å². The van der Waals surface area contributed by atoms with E-state index in [1.165, 1.54) is 18.5 Å². The average molecular weight is 326 g/mol. The number of hydrogen-bond acceptors (Lipinski definition) is 3. The zero-order valence-electron chi connectivity index (χ0n) is 9.08. The van der Waals surface area contributed by atoms with E-state index in [-0.39, 0.29) is 0 Å². The number of hydrogen-bond donors (Lipinski definition) is 0. The van der Waals surface area contributed by atoms with E-state index in [9.17, 15) is 8.78 Å². The van der Waals surface area contributed by atoms with Crippen molar-refractivity contribution in [3.63, 3.8) is 0 Å². The number of alkyl halides is 2. The van der Waals surface area contributed by atoms with Gasteiger partial charge in [-0.15, -0.1) is 0 Å². The number of nitrogens with zero attached hydrogens (tertiary/aromatic N) is 2. The lowest BCUT2D eigenvalue weighted by molar-refractivity contribution is -0.0560. The third-order valence-electron chi connectivity index (χ3n) is 2.14.